The van der Waals surface area contributed by atoms with E-state index in [0.29, 0.717) is 11.8 Å². The maximum atomic E-state index is 11.5. The van der Waals surface area contributed by atoms with Crippen LogP contribution in [-0.4, -0.2) is 36.6 Å². The molecule has 0 aliphatic rings. The average molecular weight is 271 g/mol. The second-order valence-electron chi connectivity index (χ2n) is 6.79. The molecular formula is C16H33NO2. The largest absolute Gasteiger partial charge is 0.375 e. The minimum absolute atomic E-state index is 0.161. The highest BCUT2D eigenvalue weighted by Gasteiger charge is 2.22. The first-order valence-corrected chi connectivity index (χ1v) is 7.51. The molecule has 114 valence electrons. The van der Waals surface area contributed by atoms with Crippen molar-refractivity contribution in [3.05, 3.63) is 0 Å². The van der Waals surface area contributed by atoms with Gasteiger partial charge >= 0.3 is 0 Å². The van der Waals surface area contributed by atoms with Crippen LogP contribution in [0.15, 0.2) is 0 Å². The first kappa shape index (κ1) is 18.4. The monoisotopic (exact) mass is 271 g/mol. The van der Waals surface area contributed by atoms with Gasteiger partial charge in [0.1, 0.15) is 0 Å². The van der Waals surface area contributed by atoms with Crippen molar-refractivity contribution in [3.63, 3.8) is 0 Å². The number of nitrogens with zero attached hydrogens (tertiary/aromatic N) is 1. The first-order valence-electron chi connectivity index (χ1n) is 7.51. The molecule has 0 bridgehead atoms. The van der Waals surface area contributed by atoms with Gasteiger partial charge < -0.3 is 9.64 Å². The van der Waals surface area contributed by atoms with E-state index in [1.807, 2.05) is 14.0 Å². The predicted octanol–water partition coefficient (Wildman–Crippen LogP) is 3.87. The van der Waals surface area contributed by atoms with Gasteiger partial charge in [0.15, 0.2) is 0 Å². The molecule has 0 rings (SSSR count). The van der Waals surface area contributed by atoms with Crippen LogP contribution >= 0.6 is 0 Å². The summed E-state index contributed by atoms with van der Waals surface area (Å²) < 4.78 is 5.99. The number of carbonyl (C=O) groups excluding carboxylic acids is 1. The molecule has 0 aromatic heterocycles. The Morgan fingerprint density at radius 1 is 1.11 bits per heavy atom. The molecule has 0 saturated carbocycles. The van der Waals surface area contributed by atoms with Crippen LogP contribution in [0.5, 0.6) is 0 Å². The lowest BCUT2D eigenvalue weighted by Crippen LogP contribution is -2.34. The molecule has 0 aromatic rings. The Kier molecular flexibility index (Phi) is 7.65. The Morgan fingerprint density at radius 3 is 2.16 bits per heavy atom. The van der Waals surface area contributed by atoms with Crippen molar-refractivity contribution in [1.82, 2.24) is 4.90 Å². The van der Waals surface area contributed by atoms with Crippen molar-refractivity contribution in [2.75, 3.05) is 20.2 Å². The van der Waals surface area contributed by atoms with E-state index in [0.717, 1.165) is 26.0 Å². The molecule has 3 heteroatoms. The normalized spacial score (nSPS) is 12.6. The summed E-state index contributed by atoms with van der Waals surface area (Å²) in [6.45, 7) is 14.4. The van der Waals surface area contributed by atoms with Crippen molar-refractivity contribution in [1.29, 1.82) is 0 Å². The maximum absolute atomic E-state index is 11.5. The number of ether oxygens (including phenoxy) is 1. The molecule has 19 heavy (non-hydrogen) atoms. The molecule has 0 aliphatic carbocycles. The average Bonchev–Trinajstić information content (AvgIpc) is 2.34. The smallest absolute Gasteiger partial charge is 0.222 e. The number of hydrogen-bond acceptors (Lipinski definition) is 2. The molecule has 0 heterocycles. The Labute approximate surface area is 119 Å². The van der Waals surface area contributed by atoms with Crippen LogP contribution in [0.1, 0.15) is 67.2 Å². The Morgan fingerprint density at radius 2 is 1.68 bits per heavy atom. The van der Waals surface area contributed by atoms with Crippen LogP contribution in [0.4, 0.5) is 0 Å². The van der Waals surface area contributed by atoms with Crippen LogP contribution in [0.2, 0.25) is 0 Å². The fourth-order valence-corrected chi connectivity index (χ4v) is 1.68. The quantitative estimate of drug-likeness (QED) is 0.637. The van der Waals surface area contributed by atoms with Gasteiger partial charge in [-0.15, -0.1) is 0 Å². The molecule has 0 fully saturated rings. The van der Waals surface area contributed by atoms with Gasteiger partial charge in [-0.3, -0.25) is 4.79 Å². The molecule has 0 aromatic carbocycles. The van der Waals surface area contributed by atoms with Gasteiger partial charge in [-0.1, -0.05) is 34.1 Å². The summed E-state index contributed by atoms with van der Waals surface area (Å²) in [6.07, 6.45) is 3.70. The molecule has 0 N–H and O–H groups in total. The summed E-state index contributed by atoms with van der Waals surface area (Å²) >= 11 is 0. The Balaban J connectivity index is 4.02. The third kappa shape index (κ3) is 8.25. The second kappa shape index (κ2) is 7.88. The van der Waals surface area contributed by atoms with Crippen LogP contribution in [-0.2, 0) is 9.53 Å². The molecular weight excluding hydrogens is 238 g/mol. The minimum atomic E-state index is -0.161. The highest BCUT2D eigenvalue weighted by Crippen LogP contribution is 2.25. The zero-order valence-electron chi connectivity index (χ0n) is 14.0. The highest BCUT2D eigenvalue weighted by atomic mass is 16.5. The second-order valence-corrected chi connectivity index (χ2v) is 6.79. The zero-order valence-corrected chi connectivity index (χ0v) is 14.0. The summed E-state index contributed by atoms with van der Waals surface area (Å²) in [4.78, 5) is 13.3. The fraction of sp³-hybridized carbons (Fsp3) is 0.938. The van der Waals surface area contributed by atoms with Gasteiger partial charge in [-0.25, -0.2) is 0 Å². The predicted molar refractivity (Wildman–Crippen MR) is 81.3 cm³/mol. The Bertz CT molecular complexity index is 272. The Hall–Kier alpha value is -0.570. The minimum Gasteiger partial charge on any atom is -0.375 e. The molecule has 0 radical (unpaired) electrons. The van der Waals surface area contributed by atoms with E-state index < -0.39 is 0 Å². The lowest BCUT2D eigenvalue weighted by atomic mass is 9.87. The molecule has 3 nitrogen and oxygen atoms in total. The van der Waals surface area contributed by atoms with Crippen molar-refractivity contribution >= 4 is 5.91 Å². The summed E-state index contributed by atoms with van der Waals surface area (Å²) in [5.74, 6) is 0.197. The number of carbonyl (C=O) groups is 1. The molecule has 0 aliphatic heterocycles. The van der Waals surface area contributed by atoms with Crippen molar-refractivity contribution in [3.8, 4) is 0 Å². The number of amides is 1. The van der Waals surface area contributed by atoms with Crippen molar-refractivity contribution < 1.29 is 9.53 Å². The van der Waals surface area contributed by atoms with E-state index in [4.69, 9.17) is 4.74 Å². The highest BCUT2D eigenvalue weighted by molar-refractivity contribution is 5.75. The van der Waals surface area contributed by atoms with Crippen LogP contribution in [0.25, 0.3) is 0 Å². The number of hydrogen-bond donors (Lipinski definition) is 0. The molecule has 1 amide bonds. The molecule has 0 saturated heterocycles. The van der Waals surface area contributed by atoms with Crippen molar-refractivity contribution in [2.45, 2.75) is 72.8 Å². The molecule has 0 atom stereocenters. The van der Waals surface area contributed by atoms with Gasteiger partial charge in [0.2, 0.25) is 5.91 Å². The fourth-order valence-electron chi connectivity index (χ4n) is 1.68. The van der Waals surface area contributed by atoms with E-state index in [1.165, 1.54) is 6.42 Å². The van der Waals surface area contributed by atoms with E-state index in [-0.39, 0.29) is 11.5 Å². The maximum Gasteiger partial charge on any atom is 0.222 e. The van der Waals surface area contributed by atoms with Gasteiger partial charge in [0, 0.05) is 26.6 Å². The van der Waals surface area contributed by atoms with Crippen LogP contribution in [0.3, 0.4) is 0 Å². The topological polar surface area (TPSA) is 29.5 Å². The summed E-state index contributed by atoms with van der Waals surface area (Å²) in [7, 11) is 1.86. The van der Waals surface area contributed by atoms with E-state index >= 15 is 0 Å². The molecule has 0 spiro atoms. The van der Waals surface area contributed by atoms with Crippen molar-refractivity contribution in [2.24, 2.45) is 5.41 Å². The SMILES string of the molecule is CCC(=O)N(C)CCC(C)(C)OCCC(C)(C)CC. The van der Waals surface area contributed by atoms with E-state index in [9.17, 15) is 4.79 Å². The third-order valence-corrected chi connectivity index (χ3v) is 4.01. The summed E-state index contributed by atoms with van der Waals surface area (Å²) in [5.41, 5.74) is 0.192. The lowest BCUT2D eigenvalue weighted by molar-refractivity contribution is -0.130. The van der Waals surface area contributed by atoms with Gasteiger partial charge in [0.25, 0.3) is 0 Å². The van der Waals surface area contributed by atoms with Gasteiger partial charge in [-0.05, 0) is 32.1 Å². The standard InChI is InChI=1S/C16H33NO2/c1-8-14(18)17(7)12-10-16(5,6)19-13-11-15(3,4)9-2/h8-13H2,1-7H3. The summed E-state index contributed by atoms with van der Waals surface area (Å²) in [6, 6.07) is 0. The summed E-state index contributed by atoms with van der Waals surface area (Å²) in [5, 5.41) is 0. The zero-order chi connectivity index (χ0) is 15.1. The van der Waals surface area contributed by atoms with Crippen LogP contribution in [0, 0.1) is 5.41 Å². The van der Waals surface area contributed by atoms with Gasteiger partial charge in [-0.2, -0.15) is 0 Å². The van der Waals surface area contributed by atoms with E-state index in [2.05, 4.69) is 34.6 Å². The van der Waals surface area contributed by atoms with Gasteiger partial charge in [0.05, 0.1) is 5.60 Å². The molecule has 0 unspecified atom stereocenters. The van der Waals surface area contributed by atoms with E-state index in [1.54, 1.807) is 4.90 Å². The third-order valence-electron chi connectivity index (χ3n) is 4.01. The lowest BCUT2D eigenvalue weighted by Gasteiger charge is -2.30. The first-order chi connectivity index (χ1) is 8.63. The number of rotatable bonds is 9. The van der Waals surface area contributed by atoms with Crippen LogP contribution < -0.4 is 0 Å².